The van der Waals surface area contributed by atoms with E-state index in [1.54, 1.807) is 0 Å². The summed E-state index contributed by atoms with van der Waals surface area (Å²) in [5.41, 5.74) is 0. The first-order valence-electron chi connectivity index (χ1n) is 4.19. The Hall–Kier alpha value is -0.370. The zero-order valence-corrected chi connectivity index (χ0v) is 6.21. The van der Waals surface area contributed by atoms with Crippen molar-refractivity contribution in [2.45, 2.75) is 25.3 Å². The molecule has 1 saturated heterocycles. The lowest BCUT2D eigenvalue weighted by Crippen LogP contribution is -2.40. The predicted molar refractivity (Wildman–Crippen MR) is 42.5 cm³/mol. The molecule has 2 aliphatic heterocycles. The molecule has 2 aliphatic rings. The monoisotopic (exact) mass is 138 g/mol. The lowest BCUT2D eigenvalue weighted by atomic mass is 9.87. The van der Waals surface area contributed by atoms with Crippen molar-refractivity contribution in [3.63, 3.8) is 0 Å². The van der Waals surface area contributed by atoms with Crippen LogP contribution in [-0.4, -0.2) is 25.3 Å². The maximum Gasteiger partial charge on any atom is 0.0648 e. The van der Waals surface area contributed by atoms with E-state index in [0.717, 1.165) is 12.5 Å². The molecule has 0 aliphatic carbocycles. The molecule has 10 heavy (non-hydrogen) atoms. The SMILES string of the molecule is C1=NC2CNCCC2CC1. The average molecular weight is 138 g/mol. The second-order valence-corrected chi connectivity index (χ2v) is 3.23. The molecule has 0 aromatic rings. The molecule has 2 atom stereocenters. The molecule has 0 spiro atoms. The molecule has 0 aromatic heterocycles. The topological polar surface area (TPSA) is 24.4 Å². The number of aliphatic imine (C=N–C) groups is 1. The highest BCUT2D eigenvalue weighted by atomic mass is 15.0. The van der Waals surface area contributed by atoms with E-state index in [1.165, 1.54) is 25.8 Å². The fourth-order valence-electron chi connectivity index (χ4n) is 1.91. The Balaban J connectivity index is 2.03. The van der Waals surface area contributed by atoms with E-state index >= 15 is 0 Å². The minimum Gasteiger partial charge on any atom is -0.315 e. The van der Waals surface area contributed by atoms with Gasteiger partial charge in [0, 0.05) is 6.54 Å². The predicted octanol–water partition coefficient (Wildman–Crippen LogP) is 0.829. The molecule has 2 nitrogen and oxygen atoms in total. The molecule has 2 heterocycles. The number of nitrogens with one attached hydrogen (secondary N) is 1. The highest BCUT2D eigenvalue weighted by Gasteiger charge is 2.24. The summed E-state index contributed by atoms with van der Waals surface area (Å²) in [6.45, 7) is 2.32. The molecule has 0 bridgehead atoms. The molecular weight excluding hydrogens is 124 g/mol. The van der Waals surface area contributed by atoms with E-state index in [0.29, 0.717) is 6.04 Å². The van der Waals surface area contributed by atoms with Gasteiger partial charge in [0.2, 0.25) is 0 Å². The van der Waals surface area contributed by atoms with Gasteiger partial charge in [-0.1, -0.05) is 0 Å². The largest absolute Gasteiger partial charge is 0.315 e. The van der Waals surface area contributed by atoms with Gasteiger partial charge in [-0.2, -0.15) is 0 Å². The fraction of sp³-hybridized carbons (Fsp3) is 0.875. The maximum absolute atomic E-state index is 4.46. The van der Waals surface area contributed by atoms with Gasteiger partial charge in [0.1, 0.15) is 0 Å². The molecule has 1 N–H and O–H groups in total. The van der Waals surface area contributed by atoms with Crippen LogP contribution in [0.2, 0.25) is 0 Å². The summed E-state index contributed by atoms with van der Waals surface area (Å²) < 4.78 is 0. The third kappa shape index (κ3) is 1.08. The molecule has 2 unspecified atom stereocenters. The minimum atomic E-state index is 0.613. The molecule has 1 fully saturated rings. The highest BCUT2D eigenvalue weighted by Crippen LogP contribution is 2.23. The fourth-order valence-corrected chi connectivity index (χ4v) is 1.91. The Kier molecular flexibility index (Phi) is 1.72. The first-order chi connectivity index (χ1) is 4.97. The average Bonchev–Trinajstić information content (AvgIpc) is 2.05. The van der Waals surface area contributed by atoms with Crippen molar-refractivity contribution in [1.29, 1.82) is 0 Å². The molecule has 2 heteroatoms. The van der Waals surface area contributed by atoms with Crippen LogP contribution in [0.15, 0.2) is 4.99 Å². The van der Waals surface area contributed by atoms with Gasteiger partial charge in [-0.15, -0.1) is 0 Å². The van der Waals surface area contributed by atoms with E-state index < -0.39 is 0 Å². The smallest absolute Gasteiger partial charge is 0.0648 e. The first kappa shape index (κ1) is 6.35. The van der Waals surface area contributed by atoms with Crippen LogP contribution in [0.3, 0.4) is 0 Å². The second-order valence-electron chi connectivity index (χ2n) is 3.23. The Bertz CT molecular complexity index is 142. The van der Waals surface area contributed by atoms with Crippen molar-refractivity contribution in [1.82, 2.24) is 5.32 Å². The lowest BCUT2D eigenvalue weighted by molar-refractivity contribution is 0.304. The van der Waals surface area contributed by atoms with Gasteiger partial charge in [0.15, 0.2) is 0 Å². The van der Waals surface area contributed by atoms with Crippen molar-refractivity contribution < 1.29 is 0 Å². The van der Waals surface area contributed by atoms with Crippen molar-refractivity contribution >= 4 is 6.21 Å². The quantitative estimate of drug-likeness (QED) is 0.527. The van der Waals surface area contributed by atoms with Crippen molar-refractivity contribution in [2.24, 2.45) is 10.9 Å². The molecule has 56 valence electrons. The Morgan fingerprint density at radius 2 is 2.40 bits per heavy atom. The Labute approximate surface area is 61.7 Å². The number of rotatable bonds is 0. The van der Waals surface area contributed by atoms with Gasteiger partial charge in [0.25, 0.3) is 0 Å². The van der Waals surface area contributed by atoms with Crippen molar-refractivity contribution in [2.75, 3.05) is 13.1 Å². The summed E-state index contributed by atoms with van der Waals surface area (Å²) >= 11 is 0. The molecule has 2 rings (SSSR count). The normalized spacial score (nSPS) is 39.2. The summed E-state index contributed by atoms with van der Waals surface area (Å²) in [7, 11) is 0. The number of hydrogen-bond acceptors (Lipinski definition) is 2. The zero-order valence-electron chi connectivity index (χ0n) is 6.21. The van der Waals surface area contributed by atoms with E-state index in [-0.39, 0.29) is 0 Å². The summed E-state index contributed by atoms with van der Waals surface area (Å²) in [5, 5.41) is 3.37. The Morgan fingerprint density at radius 3 is 3.30 bits per heavy atom. The van der Waals surface area contributed by atoms with Crippen LogP contribution in [0.1, 0.15) is 19.3 Å². The summed E-state index contributed by atoms with van der Waals surface area (Å²) in [6.07, 6.45) is 6.01. The van der Waals surface area contributed by atoms with Gasteiger partial charge < -0.3 is 5.32 Å². The summed E-state index contributed by atoms with van der Waals surface area (Å²) in [4.78, 5) is 4.46. The summed E-state index contributed by atoms with van der Waals surface area (Å²) in [6, 6.07) is 0.613. The standard InChI is InChI=1S/C8H14N2/c1-2-7-3-5-9-6-8(7)10-4-1/h4,7-9H,1-3,5-6H2. The minimum absolute atomic E-state index is 0.613. The summed E-state index contributed by atoms with van der Waals surface area (Å²) in [5.74, 6) is 0.895. The van der Waals surface area contributed by atoms with Gasteiger partial charge in [-0.3, -0.25) is 4.99 Å². The van der Waals surface area contributed by atoms with E-state index in [9.17, 15) is 0 Å². The molecule has 0 saturated carbocycles. The van der Waals surface area contributed by atoms with Crippen LogP contribution < -0.4 is 5.32 Å². The van der Waals surface area contributed by atoms with Gasteiger partial charge in [-0.25, -0.2) is 0 Å². The number of nitrogens with zero attached hydrogens (tertiary/aromatic N) is 1. The van der Waals surface area contributed by atoms with Crippen LogP contribution in [-0.2, 0) is 0 Å². The van der Waals surface area contributed by atoms with Crippen molar-refractivity contribution in [3.05, 3.63) is 0 Å². The van der Waals surface area contributed by atoms with Gasteiger partial charge in [0.05, 0.1) is 6.04 Å². The Morgan fingerprint density at radius 1 is 1.40 bits per heavy atom. The highest BCUT2D eigenvalue weighted by molar-refractivity contribution is 5.58. The molecular formula is C8H14N2. The van der Waals surface area contributed by atoms with Crippen molar-refractivity contribution in [3.8, 4) is 0 Å². The maximum atomic E-state index is 4.46. The molecule has 0 radical (unpaired) electrons. The zero-order chi connectivity index (χ0) is 6.81. The molecule has 0 aromatic carbocycles. The third-order valence-electron chi connectivity index (χ3n) is 2.55. The van der Waals surface area contributed by atoms with Crippen LogP contribution >= 0.6 is 0 Å². The number of fused-ring (bicyclic) bond motifs is 1. The second kappa shape index (κ2) is 2.70. The first-order valence-corrected chi connectivity index (χ1v) is 4.19. The van der Waals surface area contributed by atoms with E-state index in [4.69, 9.17) is 0 Å². The van der Waals surface area contributed by atoms with Crippen LogP contribution in [0, 0.1) is 5.92 Å². The van der Waals surface area contributed by atoms with Crippen LogP contribution in [0.5, 0.6) is 0 Å². The molecule has 0 amide bonds. The van der Waals surface area contributed by atoms with E-state index in [1.807, 2.05) is 0 Å². The number of piperidine rings is 1. The van der Waals surface area contributed by atoms with Crippen LogP contribution in [0.25, 0.3) is 0 Å². The van der Waals surface area contributed by atoms with E-state index in [2.05, 4.69) is 16.5 Å². The van der Waals surface area contributed by atoms with Gasteiger partial charge in [-0.05, 0) is 37.9 Å². The lowest BCUT2D eigenvalue weighted by Gasteiger charge is -2.31. The van der Waals surface area contributed by atoms with Crippen LogP contribution in [0.4, 0.5) is 0 Å². The van der Waals surface area contributed by atoms with Gasteiger partial charge >= 0.3 is 0 Å². The third-order valence-corrected chi connectivity index (χ3v) is 2.55. The number of hydrogen-bond donors (Lipinski definition) is 1.